The number of carbonyl (C=O) groups is 2. The average molecular weight is 281 g/mol. The second-order valence-electron chi connectivity index (χ2n) is 4.71. The van der Waals surface area contributed by atoms with Gasteiger partial charge in [0.15, 0.2) is 5.69 Å². The lowest BCUT2D eigenvalue weighted by molar-refractivity contribution is 0.0856. The summed E-state index contributed by atoms with van der Waals surface area (Å²) in [6.45, 7) is 3.34. The highest BCUT2D eigenvalue weighted by Gasteiger charge is 2.25. The summed E-state index contributed by atoms with van der Waals surface area (Å²) in [5.74, 6) is -0.229. The molecule has 1 aliphatic heterocycles. The minimum Gasteiger partial charge on any atom is -0.450 e. The zero-order valence-electron chi connectivity index (χ0n) is 11.7. The van der Waals surface area contributed by atoms with Crippen molar-refractivity contribution in [1.82, 2.24) is 25.2 Å². The zero-order valence-corrected chi connectivity index (χ0v) is 11.7. The maximum Gasteiger partial charge on any atom is 0.409 e. The molecule has 1 aromatic rings. The van der Waals surface area contributed by atoms with Gasteiger partial charge in [-0.05, 0) is 19.8 Å². The molecule has 0 unspecified atom stereocenters. The van der Waals surface area contributed by atoms with Gasteiger partial charge in [0.05, 0.1) is 12.8 Å². The van der Waals surface area contributed by atoms with Crippen LogP contribution in [0.15, 0.2) is 6.20 Å². The van der Waals surface area contributed by atoms with Crippen molar-refractivity contribution in [2.24, 2.45) is 7.05 Å². The van der Waals surface area contributed by atoms with Crippen LogP contribution in [-0.4, -0.2) is 57.6 Å². The number of aryl methyl sites for hydroxylation is 1. The highest BCUT2D eigenvalue weighted by Crippen LogP contribution is 2.12. The zero-order chi connectivity index (χ0) is 14.5. The normalized spacial score (nSPS) is 16.0. The number of piperidine rings is 1. The van der Waals surface area contributed by atoms with E-state index in [9.17, 15) is 9.59 Å². The molecule has 2 heterocycles. The lowest BCUT2D eigenvalue weighted by Gasteiger charge is -2.31. The second-order valence-corrected chi connectivity index (χ2v) is 4.71. The van der Waals surface area contributed by atoms with E-state index in [2.05, 4.69) is 15.6 Å². The minimum absolute atomic E-state index is 0.0511. The molecule has 2 amide bonds. The maximum absolute atomic E-state index is 11.9. The van der Waals surface area contributed by atoms with E-state index in [0.717, 1.165) is 0 Å². The molecule has 20 heavy (non-hydrogen) atoms. The van der Waals surface area contributed by atoms with Crippen molar-refractivity contribution in [2.45, 2.75) is 25.8 Å². The van der Waals surface area contributed by atoms with Crippen LogP contribution in [0.5, 0.6) is 0 Å². The lowest BCUT2D eigenvalue weighted by atomic mass is 10.1. The third kappa shape index (κ3) is 3.46. The van der Waals surface area contributed by atoms with Gasteiger partial charge in [-0.2, -0.15) is 0 Å². The van der Waals surface area contributed by atoms with Crippen LogP contribution in [0.1, 0.15) is 30.3 Å². The second kappa shape index (κ2) is 6.36. The van der Waals surface area contributed by atoms with Crippen LogP contribution in [-0.2, 0) is 11.8 Å². The summed E-state index contributed by atoms with van der Waals surface area (Å²) in [5, 5.41) is 10.4. The summed E-state index contributed by atoms with van der Waals surface area (Å²) in [5.41, 5.74) is 0.306. The Morgan fingerprint density at radius 1 is 1.45 bits per heavy atom. The van der Waals surface area contributed by atoms with Crippen molar-refractivity contribution in [3.63, 3.8) is 0 Å². The fraction of sp³-hybridized carbons (Fsp3) is 0.667. The van der Waals surface area contributed by atoms with Crippen LogP contribution in [0.3, 0.4) is 0 Å². The van der Waals surface area contributed by atoms with Crippen LogP contribution in [0, 0.1) is 0 Å². The number of carbonyl (C=O) groups excluding carboxylic acids is 2. The first-order valence-electron chi connectivity index (χ1n) is 6.69. The van der Waals surface area contributed by atoms with Gasteiger partial charge in [-0.1, -0.05) is 5.21 Å². The molecular formula is C12H19N5O3. The first kappa shape index (κ1) is 14.3. The van der Waals surface area contributed by atoms with Crippen molar-refractivity contribution in [1.29, 1.82) is 0 Å². The van der Waals surface area contributed by atoms with Gasteiger partial charge in [0.1, 0.15) is 0 Å². The van der Waals surface area contributed by atoms with E-state index < -0.39 is 0 Å². The molecule has 8 heteroatoms. The van der Waals surface area contributed by atoms with Crippen molar-refractivity contribution < 1.29 is 14.3 Å². The Balaban J connectivity index is 1.80. The minimum atomic E-state index is -0.286. The smallest absolute Gasteiger partial charge is 0.409 e. The number of aromatic nitrogens is 3. The summed E-state index contributed by atoms with van der Waals surface area (Å²) in [6.07, 6.45) is 2.71. The van der Waals surface area contributed by atoms with Gasteiger partial charge in [-0.25, -0.2) is 4.79 Å². The number of nitrogens with zero attached hydrogens (tertiary/aromatic N) is 4. The van der Waals surface area contributed by atoms with E-state index in [1.54, 1.807) is 25.1 Å². The number of amides is 2. The van der Waals surface area contributed by atoms with Gasteiger partial charge in [-0.15, -0.1) is 5.10 Å². The van der Waals surface area contributed by atoms with Gasteiger partial charge in [0.2, 0.25) is 0 Å². The van der Waals surface area contributed by atoms with Crippen LogP contribution < -0.4 is 5.32 Å². The quantitative estimate of drug-likeness (QED) is 0.852. The highest BCUT2D eigenvalue weighted by atomic mass is 16.6. The van der Waals surface area contributed by atoms with Crippen molar-refractivity contribution in [2.75, 3.05) is 19.7 Å². The SMILES string of the molecule is CCOC(=O)N1CCC(NC(=O)c2cn(C)nn2)CC1. The van der Waals surface area contributed by atoms with E-state index in [-0.39, 0.29) is 18.0 Å². The van der Waals surface area contributed by atoms with Crippen molar-refractivity contribution in [3.8, 4) is 0 Å². The molecule has 8 nitrogen and oxygen atoms in total. The average Bonchev–Trinajstić information content (AvgIpc) is 2.86. The molecule has 1 N–H and O–H groups in total. The Morgan fingerprint density at radius 2 is 2.15 bits per heavy atom. The summed E-state index contributed by atoms with van der Waals surface area (Å²) in [4.78, 5) is 25.1. The fourth-order valence-corrected chi connectivity index (χ4v) is 2.13. The van der Waals surface area contributed by atoms with Gasteiger partial charge in [0.25, 0.3) is 5.91 Å². The molecule has 0 radical (unpaired) electrons. The van der Waals surface area contributed by atoms with E-state index in [0.29, 0.717) is 38.2 Å². The predicted molar refractivity (Wildman–Crippen MR) is 70.1 cm³/mol. The maximum atomic E-state index is 11.9. The highest BCUT2D eigenvalue weighted by molar-refractivity contribution is 5.92. The lowest BCUT2D eigenvalue weighted by Crippen LogP contribution is -2.46. The Kier molecular flexibility index (Phi) is 4.54. The number of ether oxygens (including phenoxy) is 1. The fourth-order valence-electron chi connectivity index (χ4n) is 2.13. The van der Waals surface area contributed by atoms with Crippen LogP contribution in [0.4, 0.5) is 4.79 Å². The number of hydrogen-bond donors (Lipinski definition) is 1. The van der Waals surface area contributed by atoms with E-state index >= 15 is 0 Å². The molecule has 0 bridgehead atoms. The van der Waals surface area contributed by atoms with E-state index in [1.807, 2.05) is 0 Å². The molecule has 0 spiro atoms. The third-order valence-electron chi connectivity index (χ3n) is 3.19. The molecule has 110 valence electrons. The molecule has 1 fully saturated rings. The molecule has 0 aliphatic carbocycles. The molecule has 1 aliphatic rings. The monoisotopic (exact) mass is 281 g/mol. The predicted octanol–water partition coefficient (Wildman–Crippen LogP) is 0.166. The summed E-state index contributed by atoms with van der Waals surface area (Å²) in [7, 11) is 1.71. The van der Waals surface area contributed by atoms with Gasteiger partial charge in [0, 0.05) is 26.2 Å². The van der Waals surface area contributed by atoms with Crippen LogP contribution in [0.25, 0.3) is 0 Å². The standard InChI is InChI=1S/C12H19N5O3/c1-3-20-12(19)17-6-4-9(5-7-17)13-11(18)10-8-16(2)15-14-10/h8-9H,3-7H2,1-2H3,(H,13,18). The van der Waals surface area contributed by atoms with Crippen LogP contribution >= 0.6 is 0 Å². The van der Waals surface area contributed by atoms with E-state index in [4.69, 9.17) is 4.74 Å². The largest absolute Gasteiger partial charge is 0.450 e. The molecular weight excluding hydrogens is 262 g/mol. The number of nitrogens with one attached hydrogen (secondary N) is 1. The van der Waals surface area contributed by atoms with Crippen LogP contribution in [0.2, 0.25) is 0 Å². The van der Waals surface area contributed by atoms with Gasteiger partial charge < -0.3 is 15.0 Å². The molecule has 1 aromatic heterocycles. The number of rotatable bonds is 3. The molecule has 2 rings (SSSR count). The topological polar surface area (TPSA) is 89.4 Å². The van der Waals surface area contributed by atoms with Gasteiger partial charge in [-0.3, -0.25) is 9.48 Å². The molecule has 0 aromatic carbocycles. The molecule has 0 atom stereocenters. The summed E-state index contributed by atoms with van der Waals surface area (Å²) in [6, 6.07) is 0.0511. The first-order chi connectivity index (χ1) is 9.60. The molecule has 1 saturated heterocycles. The molecule has 0 saturated carbocycles. The Bertz CT molecular complexity index is 479. The Labute approximate surface area is 117 Å². The Hall–Kier alpha value is -2.12. The van der Waals surface area contributed by atoms with Crippen molar-refractivity contribution in [3.05, 3.63) is 11.9 Å². The summed E-state index contributed by atoms with van der Waals surface area (Å²) < 4.78 is 6.43. The van der Waals surface area contributed by atoms with E-state index in [1.165, 1.54) is 4.68 Å². The van der Waals surface area contributed by atoms with Crippen molar-refractivity contribution >= 4 is 12.0 Å². The Morgan fingerprint density at radius 3 is 2.70 bits per heavy atom. The number of likely N-dealkylation sites (tertiary alicyclic amines) is 1. The summed E-state index contributed by atoms with van der Waals surface area (Å²) >= 11 is 0. The first-order valence-corrected chi connectivity index (χ1v) is 6.69. The van der Waals surface area contributed by atoms with Gasteiger partial charge >= 0.3 is 6.09 Å². The third-order valence-corrected chi connectivity index (χ3v) is 3.19. The number of hydrogen-bond acceptors (Lipinski definition) is 5.